The third-order valence-electron chi connectivity index (χ3n) is 4.26. The van der Waals surface area contributed by atoms with Crippen molar-refractivity contribution >= 4 is 17.7 Å². The minimum Gasteiger partial charge on any atom is -0.425 e. The molecule has 4 rings (SSSR count). The largest absolute Gasteiger partial charge is 0.425 e. The summed E-state index contributed by atoms with van der Waals surface area (Å²) >= 11 is 1.46. The molecule has 1 aromatic carbocycles. The van der Waals surface area contributed by atoms with Crippen LogP contribution in [0.5, 0.6) is 0 Å². The number of benzene rings is 1. The number of hydrogen-bond acceptors (Lipinski definition) is 5. The van der Waals surface area contributed by atoms with Crippen molar-refractivity contribution in [2.45, 2.75) is 47.4 Å². The zero-order valence-electron chi connectivity index (χ0n) is 12.0. The molecule has 2 bridgehead atoms. The van der Waals surface area contributed by atoms with Crippen LogP contribution in [0.2, 0.25) is 0 Å². The minimum atomic E-state index is -0.223. The van der Waals surface area contributed by atoms with Gasteiger partial charge >= 0.3 is 5.91 Å². The molecule has 114 valence electrons. The predicted molar refractivity (Wildman–Crippen MR) is 82.9 cm³/mol. The fourth-order valence-electron chi connectivity index (χ4n) is 3.23. The fourth-order valence-corrected chi connectivity index (χ4v) is 3.98. The number of hydrogen-bond donors (Lipinski definition) is 2. The van der Waals surface area contributed by atoms with E-state index < -0.39 is 0 Å². The summed E-state index contributed by atoms with van der Waals surface area (Å²) < 4.78 is 5.56. The third kappa shape index (κ3) is 2.76. The lowest BCUT2D eigenvalue weighted by molar-refractivity contribution is 0.0890. The lowest BCUT2D eigenvalue weighted by Gasteiger charge is -2.20. The average molecular weight is 315 g/mol. The van der Waals surface area contributed by atoms with E-state index in [-0.39, 0.29) is 17.8 Å². The highest BCUT2D eigenvalue weighted by molar-refractivity contribution is 7.99. The van der Waals surface area contributed by atoms with Gasteiger partial charge in [-0.25, -0.2) is 4.98 Å². The Morgan fingerprint density at radius 3 is 2.91 bits per heavy atom. The molecule has 2 saturated heterocycles. The molecule has 22 heavy (non-hydrogen) atoms. The molecule has 0 radical (unpaired) electrons. The van der Waals surface area contributed by atoms with E-state index in [1.165, 1.54) is 18.2 Å². The molecule has 1 aromatic heterocycles. The van der Waals surface area contributed by atoms with Crippen LogP contribution in [0.15, 0.2) is 50.9 Å². The summed E-state index contributed by atoms with van der Waals surface area (Å²) in [6.45, 7) is 0. The van der Waals surface area contributed by atoms with Gasteiger partial charge in [0.25, 0.3) is 5.89 Å². The van der Waals surface area contributed by atoms with Gasteiger partial charge < -0.3 is 15.1 Å². The molecule has 1 amide bonds. The number of carbonyl (C=O) groups excluding carboxylic acids is 1. The van der Waals surface area contributed by atoms with Gasteiger partial charge in [-0.05, 0) is 31.4 Å². The predicted octanol–water partition coefficient (Wildman–Crippen LogP) is 2.45. The number of rotatable bonds is 4. The molecule has 2 fully saturated rings. The van der Waals surface area contributed by atoms with Crippen molar-refractivity contribution in [3.05, 3.63) is 42.4 Å². The molecule has 2 N–H and O–H groups in total. The Balaban J connectivity index is 1.39. The van der Waals surface area contributed by atoms with Crippen LogP contribution < -0.4 is 10.6 Å². The van der Waals surface area contributed by atoms with Crippen molar-refractivity contribution < 1.29 is 9.21 Å². The van der Waals surface area contributed by atoms with Crippen LogP contribution in [-0.4, -0.2) is 29.0 Å². The van der Waals surface area contributed by atoms with Gasteiger partial charge in [0.15, 0.2) is 5.09 Å². The van der Waals surface area contributed by atoms with Crippen molar-refractivity contribution in [1.82, 2.24) is 15.6 Å². The maximum atomic E-state index is 12.2. The Morgan fingerprint density at radius 2 is 2.18 bits per heavy atom. The van der Waals surface area contributed by atoms with Gasteiger partial charge in [0.1, 0.15) is 0 Å². The standard InChI is InChI=1S/C16H17N3O2S/c20-15(19-13-8-10-6-7-12(13)18-10)16-17-9-14(21-16)22-11-4-2-1-3-5-11/h1-5,9-10,12-13,18H,6-8H2,(H,19,20)/t10-,12+,13-/m1/s1. The highest BCUT2D eigenvalue weighted by atomic mass is 32.2. The molecule has 5 nitrogen and oxygen atoms in total. The van der Waals surface area contributed by atoms with Crippen LogP contribution in [-0.2, 0) is 0 Å². The number of fused-ring (bicyclic) bond motifs is 2. The first-order valence-corrected chi connectivity index (χ1v) is 8.35. The van der Waals surface area contributed by atoms with E-state index in [1.54, 1.807) is 6.20 Å². The number of nitrogens with zero attached hydrogens (tertiary/aromatic N) is 1. The number of amides is 1. The van der Waals surface area contributed by atoms with Gasteiger partial charge in [0, 0.05) is 23.0 Å². The molecule has 0 aliphatic carbocycles. The summed E-state index contributed by atoms with van der Waals surface area (Å²) in [6, 6.07) is 11.0. The van der Waals surface area contributed by atoms with Crippen molar-refractivity contribution in [2.75, 3.05) is 0 Å². The Bertz CT molecular complexity index is 673. The lowest BCUT2D eigenvalue weighted by atomic mass is 9.95. The van der Waals surface area contributed by atoms with Gasteiger partial charge in [0.05, 0.1) is 6.20 Å². The zero-order chi connectivity index (χ0) is 14.9. The molecule has 2 aliphatic heterocycles. The number of oxazole rings is 1. The van der Waals surface area contributed by atoms with Crippen LogP contribution in [0.3, 0.4) is 0 Å². The highest BCUT2D eigenvalue weighted by Gasteiger charge is 2.40. The van der Waals surface area contributed by atoms with Gasteiger partial charge in [-0.15, -0.1) is 0 Å². The van der Waals surface area contributed by atoms with E-state index in [0.717, 1.165) is 17.7 Å². The molecule has 0 unspecified atom stereocenters. The third-order valence-corrected chi connectivity index (χ3v) is 5.15. The van der Waals surface area contributed by atoms with Crippen molar-refractivity contribution in [2.24, 2.45) is 0 Å². The lowest BCUT2D eigenvalue weighted by Crippen LogP contribution is -2.43. The monoisotopic (exact) mass is 315 g/mol. The van der Waals surface area contributed by atoms with Crippen LogP contribution in [0.4, 0.5) is 0 Å². The van der Waals surface area contributed by atoms with Gasteiger partial charge in [-0.1, -0.05) is 30.0 Å². The second-order valence-electron chi connectivity index (χ2n) is 5.76. The SMILES string of the molecule is O=C(N[C@@H]1C[C@H]2CC[C@@H]1N2)c1ncc(Sc2ccccc2)o1. The van der Waals surface area contributed by atoms with Gasteiger partial charge in [-0.3, -0.25) is 4.79 Å². The quantitative estimate of drug-likeness (QED) is 0.907. The molecule has 6 heteroatoms. The molecule has 3 atom stereocenters. The molecular weight excluding hydrogens is 298 g/mol. The summed E-state index contributed by atoms with van der Waals surface area (Å²) in [7, 11) is 0. The first-order chi connectivity index (χ1) is 10.8. The second kappa shape index (κ2) is 5.78. The van der Waals surface area contributed by atoms with E-state index in [4.69, 9.17) is 4.42 Å². The van der Waals surface area contributed by atoms with Gasteiger partial charge in [-0.2, -0.15) is 0 Å². The van der Waals surface area contributed by atoms with E-state index in [2.05, 4.69) is 15.6 Å². The van der Waals surface area contributed by atoms with Crippen molar-refractivity contribution in [1.29, 1.82) is 0 Å². The molecule has 0 spiro atoms. The maximum absolute atomic E-state index is 12.2. The Kier molecular flexibility index (Phi) is 3.63. The minimum absolute atomic E-state index is 0.140. The summed E-state index contributed by atoms with van der Waals surface area (Å²) in [5.41, 5.74) is 0. The first kappa shape index (κ1) is 13.8. The van der Waals surface area contributed by atoms with E-state index >= 15 is 0 Å². The van der Waals surface area contributed by atoms with E-state index in [0.29, 0.717) is 17.2 Å². The summed E-state index contributed by atoms with van der Waals surface area (Å²) in [5, 5.41) is 7.17. The van der Waals surface area contributed by atoms with Crippen LogP contribution in [0.1, 0.15) is 29.9 Å². The molecular formula is C16H17N3O2S. The Labute approximate surface area is 132 Å². The fraction of sp³-hybridized carbons (Fsp3) is 0.375. The van der Waals surface area contributed by atoms with Crippen LogP contribution in [0.25, 0.3) is 0 Å². The number of carbonyl (C=O) groups is 1. The number of nitrogens with one attached hydrogen (secondary N) is 2. The normalized spacial score (nSPS) is 26.3. The molecule has 3 heterocycles. The summed E-state index contributed by atoms with van der Waals surface area (Å²) in [6.07, 6.45) is 4.96. The first-order valence-electron chi connectivity index (χ1n) is 7.53. The zero-order valence-corrected chi connectivity index (χ0v) is 12.8. The second-order valence-corrected chi connectivity index (χ2v) is 6.84. The summed E-state index contributed by atoms with van der Waals surface area (Å²) in [4.78, 5) is 17.4. The molecule has 0 saturated carbocycles. The van der Waals surface area contributed by atoms with Crippen molar-refractivity contribution in [3.63, 3.8) is 0 Å². The Morgan fingerprint density at radius 1 is 1.32 bits per heavy atom. The summed E-state index contributed by atoms with van der Waals surface area (Å²) in [5.74, 6) is -0.0829. The van der Waals surface area contributed by atoms with Crippen molar-refractivity contribution in [3.8, 4) is 0 Å². The molecule has 2 aromatic rings. The average Bonchev–Trinajstić information content (AvgIpc) is 3.24. The van der Waals surface area contributed by atoms with Gasteiger partial charge in [0.2, 0.25) is 0 Å². The molecule has 2 aliphatic rings. The number of aromatic nitrogens is 1. The topological polar surface area (TPSA) is 67.2 Å². The van der Waals surface area contributed by atoms with Crippen LogP contribution in [0, 0.1) is 0 Å². The highest BCUT2D eigenvalue weighted by Crippen LogP contribution is 2.29. The van der Waals surface area contributed by atoms with E-state index in [9.17, 15) is 4.79 Å². The smallest absolute Gasteiger partial charge is 0.307 e. The maximum Gasteiger partial charge on any atom is 0.307 e. The Hall–Kier alpha value is -1.79. The van der Waals surface area contributed by atoms with E-state index in [1.807, 2.05) is 30.3 Å². The van der Waals surface area contributed by atoms with Crippen LogP contribution >= 0.6 is 11.8 Å².